The number of nitriles is 1. The molecule has 0 bridgehead atoms. The van der Waals surface area contributed by atoms with Crippen LogP contribution in [0.1, 0.15) is 11.1 Å². The molecule has 1 aliphatic rings. The highest BCUT2D eigenvalue weighted by atomic mass is 14.2. The Balaban J connectivity index is 2.65. The predicted molar refractivity (Wildman–Crippen MR) is 58.2 cm³/mol. The van der Waals surface area contributed by atoms with Gasteiger partial charge in [0.05, 0.1) is 11.6 Å². The van der Waals surface area contributed by atoms with Crippen LogP contribution < -0.4 is 0 Å². The second kappa shape index (κ2) is 3.76. The van der Waals surface area contributed by atoms with Crippen molar-refractivity contribution in [3.63, 3.8) is 0 Å². The summed E-state index contributed by atoms with van der Waals surface area (Å²) in [6.45, 7) is 0. The third-order valence-electron chi connectivity index (χ3n) is 2.13. The van der Waals surface area contributed by atoms with Crippen molar-refractivity contribution in [1.82, 2.24) is 0 Å². The quantitative estimate of drug-likeness (QED) is 0.600. The molecule has 0 fully saturated rings. The number of fused-ring (bicyclic) bond motifs is 1. The molecule has 1 heteroatoms. The number of hydrogen-bond donors (Lipinski definition) is 0. The molecule has 1 aromatic rings. The number of rotatable bonds is 0. The van der Waals surface area contributed by atoms with E-state index >= 15 is 0 Å². The Labute approximate surface area is 83.3 Å². The highest BCUT2D eigenvalue weighted by molar-refractivity contribution is 5.83. The first-order chi connectivity index (χ1) is 6.92. The molecule has 0 unspecified atom stereocenters. The summed E-state index contributed by atoms with van der Waals surface area (Å²) in [7, 11) is 0. The van der Waals surface area contributed by atoms with E-state index in [2.05, 4.69) is 6.07 Å². The summed E-state index contributed by atoms with van der Waals surface area (Å²) < 4.78 is 0. The molecule has 0 atom stereocenters. The van der Waals surface area contributed by atoms with Crippen molar-refractivity contribution in [2.45, 2.75) is 0 Å². The molecule has 1 aromatic carbocycles. The van der Waals surface area contributed by atoms with Crippen molar-refractivity contribution in [2.24, 2.45) is 0 Å². The highest BCUT2D eigenvalue weighted by Gasteiger charge is 2.04. The summed E-state index contributed by atoms with van der Waals surface area (Å²) in [6, 6.07) is 10.1. The topological polar surface area (TPSA) is 23.8 Å². The zero-order valence-electron chi connectivity index (χ0n) is 7.64. The molecular formula is C13H9N. The molecule has 0 saturated heterocycles. The molecule has 0 amide bonds. The average Bonchev–Trinajstić information content (AvgIpc) is 2.20. The Morgan fingerprint density at radius 1 is 1.00 bits per heavy atom. The molecule has 1 nitrogen and oxygen atoms in total. The van der Waals surface area contributed by atoms with Gasteiger partial charge in [-0.1, -0.05) is 48.6 Å². The second-order valence-electron chi connectivity index (χ2n) is 3.02. The lowest BCUT2D eigenvalue weighted by Gasteiger charge is -2.04. The van der Waals surface area contributed by atoms with Crippen LogP contribution in [0.2, 0.25) is 0 Å². The van der Waals surface area contributed by atoms with E-state index in [1.807, 2.05) is 54.6 Å². The number of allylic oxidation sites excluding steroid dienone is 5. The van der Waals surface area contributed by atoms with Crippen molar-refractivity contribution in [2.75, 3.05) is 0 Å². The van der Waals surface area contributed by atoms with Gasteiger partial charge in [-0.25, -0.2) is 0 Å². The minimum absolute atomic E-state index is 0.709. The Morgan fingerprint density at radius 3 is 2.71 bits per heavy atom. The fraction of sp³-hybridized carbons (Fsp3) is 0. The third kappa shape index (κ3) is 1.51. The third-order valence-corrected chi connectivity index (χ3v) is 2.13. The highest BCUT2D eigenvalue weighted by Crippen LogP contribution is 2.21. The van der Waals surface area contributed by atoms with Gasteiger partial charge in [-0.3, -0.25) is 0 Å². The molecule has 0 aliphatic heterocycles. The van der Waals surface area contributed by atoms with Gasteiger partial charge in [0.25, 0.3) is 0 Å². The van der Waals surface area contributed by atoms with E-state index in [1.165, 1.54) is 0 Å². The van der Waals surface area contributed by atoms with E-state index in [9.17, 15) is 0 Å². The molecule has 0 spiro atoms. The maximum Gasteiger partial charge on any atom is 0.0998 e. The fourth-order valence-corrected chi connectivity index (χ4v) is 1.45. The largest absolute Gasteiger partial charge is 0.192 e. The summed E-state index contributed by atoms with van der Waals surface area (Å²) >= 11 is 0. The minimum atomic E-state index is 0.709. The molecule has 14 heavy (non-hydrogen) atoms. The van der Waals surface area contributed by atoms with Crippen LogP contribution in [-0.4, -0.2) is 0 Å². The first kappa shape index (κ1) is 8.52. The van der Waals surface area contributed by atoms with Crippen molar-refractivity contribution in [3.8, 4) is 6.07 Å². The van der Waals surface area contributed by atoms with Crippen LogP contribution in [-0.2, 0) is 0 Å². The van der Waals surface area contributed by atoms with Crippen LogP contribution >= 0.6 is 0 Å². The van der Waals surface area contributed by atoms with Crippen molar-refractivity contribution < 1.29 is 0 Å². The maximum atomic E-state index is 8.98. The summed E-state index contributed by atoms with van der Waals surface area (Å²) in [4.78, 5) is 0. The predicted octanol–water partition coefficient (Wildman–Crippen LogP) is 3.18. The number of hydrogen-bond acceptors (Lipinski definition) is 1. The van der Waals surface area contributed by atoms with Crippen molar-refractivity contribution in [3.05, 3.63) is 59.7 Å². The van der Waals surface area contributed by atoms with Gasteiger partial charge in [0, 0.05) is 0 Å². The fourth-order valence-electron chi connectivity index (χ4n) is 1.45. The summed E-state index contributed by atoms with van der Waals surface area (Å²) in [5, 5.41) is 8.98. The first-order valence-corrected chi connectivity index (χ1v) is 4.46. The van der Waals surface area contributed by atoms with E-state index in [-0.39, 0.29) is 0 Å². The SMILES string of the molecule is N#C/C1=C/C=C\C=C/c2ccccc21. The molecule has 0 aromatic heterocycles. The van der Waals surface area contributed by atoms with Gasteiger partial charge in [-0.05, 0) is 17.2 Å². The molecule has 66 valence electrons. The molecule has 0 radical (unpaired) electrons. The first-order valence-electron chi connectivity index (χ1n) is 4.46. The van der Waals surface area contributed by atoms with Crippen LogP contribution in [0.5, 0.6) is 0 Å². The smallest absolute Gasteiger partial charge is 0.0998 e. The van der Waals surface area contributed by atoms with Crippen molar-refractivity contribution in [1.29, 1.82) is 5.26 Å². The Kier molecular flexibility index (Phi) is 2.29. The molecule has 0 saturated carbocycles. The summed E-state index contributed by atoms with van der Waals surface area (Å²) in [5.74, 6) is 0. The maximum absolute atomic E-state index is 8.98. The molecule has 1 aliphatic carbocycles. The van der Waals surface area contributed by atoms with Crippen LogP contribution in [0.25, 0.3) is 11.6 Å². The number of nitrogens with zero attached hydrogens (tertiary/aromatic N) is 1. The lowest BCUT2D eigenvalue weighted by Crippen LogP contribution is -1.87. The van der Waals surface area contributed by atoms with E-state index in [4.69, 9.17) is 5.26 Å². The van der Waals surface area contributed by atoms with Crippen LogP contribution in [0, 0.1) is 11.3 Å². The van der Waals surface area contributed by atoms with Gasteiger partial charge < -0.3 is 0 Å². The van der Waals surface area contributed by atoms with Crippen molar-refractivity contribution >= 4 is 11.6 Å². The normalized spacial score (nSPS) is 21.8. The van der Waals surface area contributed by atoms with Gasteiger partial charge in [0.2, 0.25) is 0 Å². The standard InChI is InChI=1S/C13H9N/c14-10-12-8-3-1-2-6-11-7-4-5-9-13(11)12/h1-9H/b2-1?,3-1-,6-2-,8-3?,11-6?,12-8-,13-12?. The molecule has 0 heterocycles. The number of benzene rings is 1. The van der Waals surface area contributed by atoms with Crippen LogP contribution in [0.15, 0.2) is 48.6 Å². The summed E-state index contributed by atoms with van der Waals surface area (Å²) in [6.07, 6.45) is 9.63. The van der Waals surface area contributed by atoms with E-state index < -0.39 is 0 Å². The van der Waals surface area contributed by atoms with Gasteiger partial charge in [0.1, 0.15) is 0 Å². The van der Waals surface area contributed by atoms with E-state index in [0.29, 0.717) is 5.57 Å². The average molecular weight is 179 g/mol. The van der Waals surface area contributed by atoms with Gasteiger partial charge in [-0.15, -0.1) is 0 Å². The monoisotopic (exact) mass is 179 g/mol. The zero-order chi connectivity index (χ0) is 9.80. The van der Waals surface area contributed by atoms with Gasteiger partial charge in [-0.2, -0.15) is 5.26 Å². The molecule has 2 rings (SSSR count). The van der Waals surface area contributed by atoms with E-state index in [1.54, 1.807) is 0 Å². The minimum Gasteiger partial charge on any atom is -0.192 e. The van der Waals surface area contributed by atoms with Crippen LogP contribution in [0.3, 0.4) is 0 Å². The second-order valence-corrected chi connectivity index (χ2v) is 3.02. The van der Waals surface area contributed by atoms with Gasteiger partial charge in [0.15, 0.2) is 0 Å². The zero-order valence-corrected chi connectivity index (χ0v) is 7.64. The Bertz CT molecular complexity index is 470. The lowest BCUT2D eigenvalue weighted by atomic mass is 9.98. The molecular weight excluding hydrogens is 170 g/mol. The van der Waals surface area contributed by atoms with Gasteiger partial charge >= 0.3 is 0 Å². The summed E-state index contributed by atoms with van der Waals surface area (Å²) in [5.41, 5.74) is 2.79. The lowest BCUT2D eigenvalue weighted by molar-refractivity contribution is 1.51. The van der Waals surface area contributed by atoms with Crippen LogP contribution in [0.4, 0.5) is 0 Å². The Hall–Kier alpha value is -2.07. The van der Waals surface area contributed by atoms with E-state index in [0.717, 1.165) is 11.1 Å². The molecule has 0 N–H and O–H groups in total. The Morgan fingerprint density at radius 2 is 1.86 bits per heavy atom.